The lowest BCUT2D eigenvalue weighted by molar-refractivity contribution is 0.103. The normalized spacial score (nSPS) is 11.1. The first-order valence-electron chi connectivity index (χ1n) is 5.68. The van der Waals surface area contributed by atoms with Crippen LogP contribution in [0, 0.1) is 0 Å². The highest BCUT2D eigenvalue weighted by atomic mass is 19.3. The van der Waals surface area contributed by atoms with Gasteiger partial charge in [-0.15, -0.1) is 0 Å². The molecule has 96 valence electrons. The second-order valence-electron chi connectivity index (χ2n) is 3.82. The lowest BCUT2D eigenvalue weighted by Gasteiger charge is -2.08. The van der Waals surface area contributed by atoms with Gasteiger partial charge in [0.15, 0.2) is 5.82 Å². The van der Waals surface area contributed by atoms with Gasteiger partial charge in [-0.3, -0.25) is 0 Å². The van der Waals surface area contributed by atoms with Crippen LogP contribution < -0.4 is 0 Å². The minimum absolute atomic E-state index is 0.210. The number of alkyl halides is 2. The van der Waals surface area contributed by atoms with Crippen molar-refractivity contribution < 1.29 is 13.5 Å². The fourth-order valence-corrected chi connectivity index (χ4v) is 1.64. The van der Waals surface area contributed by atoms with Gasteiger partial charge in [-0.25, -0.2) is 13.8 Å². The first kappa shape index (κ1) is 12.7. The Balaban J connectivity index is 1.77. The zero-order chi connectivity index (χ0) is 12.8. The van der Waals surface area contributed by atoms with Crippen LogP contribution in [0.1, 0.15) is 17.8 Å². The number of benzene rings is 1. The Morgan fingerprint density at radius 3 is 2.72 bits per heavy atom. The van der Waals surface area contributed by atoms with Crippen LogP contribution in [-0.2, 0) is 17.9 Å². The van der Waals surface area contributed by atoms with E-state index in [1.54, 1.807) is 0 Å². The zero-order valence-corrected chi connectivity index (χ0v) is 9.80. The highest BCUT2D eigenvalue weighted by Gasteiger charge is 2.13. The van der Waals surface area contributed by atoms with E-state index >= 15 is 0 Å². The summed E-state index contributed by atoms with van der Waals surface area (Å²) in [4.78, 5) is 3.61. The average molecular weight is 252 g/mol. The molecular formula is C13H14F2N2O. The fraction of sp³-hybridized carbons (Fsp3) is 0.308. The van der Waals surface area contributed by atoms with Gasteiger partial charge in [0.1, 0.15) is 0 Å². The summed E-state index contributed by atoms with van der Waals surface area (Å²) in [6, 6.07) is 9.72. The van der Waals surface area contributed by atoms with E-state index in [2.05, 4.69) is 4.98 Å². The van der Waals surface area contributed by atoms with Gasteiger partial charge in [-0.2, -0.15) is 0 Å². The Morgan fingerprint density at radius 2 is 2.00 bits per heavy atom. The SMILES string of the molecule is FC(F)c1nccn1CCOCc1ccccc1. The Hall–Kier alpha value is -1.75. The molecule has 0 fully saturated rings. The van der Waals surface area contributed by atoms with E-state index in [0.29, 0.717) is 19.8 Å². The van der Waals surface area contributed by atoms with Crippen molar-refractivity contribution >= 4 is 0 Å². The minimum Gasteiger partial charge on any atom is -0.375 e. The van der Waals surface area contributed by atoms with Crippen molar-refractivity contribution in [2.75, 3.05) is 6.61 Å². The maximum Gasteiger partial charge on any atom is 0.295 e. The van der Waals surface area contributed by atoms with E-state index in [9.17, 15) is 8.78 Å². The van der Waals surface area contributed by atoms with Crippen LogP contribution >= 0.6 is 0 Å². The number of aromatic nitrogens is 2. The third kappa shape index (κ3) is 3.37. The Kier molecular flexibility index (Phi) is 4.41. The minimum atomic E-state index is -2.55. The molecule has 2 aromatic rings. The highest BCUT2D eigenvalue weighted by Crippen LogP contribution is 2.16. The van der Waals surface area contributed by atoms with E-state index in [4.69, 9.17) is 4.74 Å². The van der Waals surface area contributed by atoms with Crippen LogP contribution in [0.25, 0.3) is 0 Å². The van der Waals surface area contributed by atoms with E-state index in [1.807, 2.05) is 30.3 Å². The molecule has 0 atom stereocenters. The van der Waals surface area contributed by atoms with Crippen molar-refractivity contribution in [2.45, 2.75) is 19.6 Å². The van der Waals surface area contributed by atoms with Crippen molar-refractivity contribution in [3.63, 3.8) is 0 Å². The summed E-state index contributed by atoms with van der Waals surface area (Å²) in [5.74, 6) is -0.210. The molecule has 1 heterocycles. The fourth-order valence-electron chi connectivity index (χ4n) is 1.64. The second kappa shape index (κ2) is 6.26. The van der Waals surface area contributed by atoms with Gasteiger partial charge in [0, 0.05) is 18.9 Å². The summed E-state index contributed by atoms with van der Waals surface area (Å²) in [6.45, 7) is 1.25. The summed E-state index contributed by atoms with van der Waals surface area (Å²) in [7, 11) is 0. The molecule has 1 aromatic carbocycles. The predicted molar refractivity (Wildman–Crippen MR) is 63.3 cm³/mol. The molecule has 3 nitrogen and oxygen atoms in total. The molecule has 18 heavy (non-hydrogen) atoms. The van der Waals surface area contributed by atoms with Gasteiger partial charge in [0.05, 0.1) is 13.2 Å². The summed E-state index contributed by atoms with van der Waals surface area (Å²) in [5.41, 5.74) is 1.07. The number of ether oxygens (including phenoxy) is 1. The van der Waals surface area contributed by atoms with Gasteiger partial charge >= 0.3 is 0 Å². The molecule has 0 amide bonds. The number of rotatable bonds is 6. The number of hydrogen-bond acceptors (Lipinski definition) is 2. The standard InChI is InChI=1S/C13H14F2N2O/c14-12(15)13-16-6-7-17(13)8-9-18-10-11-4-2-1-3-5-11/h1-7,12H,8-10H2. The third-order valence-electron chi connectivity index (χ3n) is 2.53. The van der Waals surface area contributed by atoms with Crippen molar-refractivity contribution in [1.82, 2.24) is 9.55 Å². The largest absolute Gasteiger partial charge is 0.375 e. The Bertz CT molecular complexity index is 471. The molecule has 5 heteroatoms. The van der Waals surface area contributed by atoms with E-state index < -0.39 is 6.43 Å². The molecule has 0 aliphatic rings. The number of halogens is 2. The van der Waals surface area contributed by atoms with Crippen molar-refractivity contribution in [3.05, 3.63) is 54.1 Å². The molecule has 0 unspecified atom stereocenters. The summed E-state index contributed by atoms with van der Waals surface area (Å²) >= 11 is 0. The van der Waals surface area contributed by atoms with Gasteiger partial charge in [-0.1, -0.05) is 30.3 Å². The van der Waals surface area contributed by atoms with E-state index in [1.165, 1.54) is 17.0 Å². The summed E-state index contributed by atoms with van der Waals surface area (Å²) in [5, 5.41) is 0. The Morgan fingerprint density at radius 1 is 1.22 bits per heavy atom. The lowest BCUT2D eigenvalue weighted by Crippen LogP contribution is -2.09. The van der Waals surface area contributed by atoms with E-state index in [-0.39, 0.29) is 5.82 Å². The molecular weight excluding hydrogens is 238 g/mol. The maximum absolute atomic E-state index is 12.5. The lowest BCUT2D eigenvalue weighted by atomic mass is 10.2. The molecule has 0 aliphatic heterocycles. The van der Waals surface area contributed by atoms with Gasteiger partial charge in [0.25, 0.3) is 6.43 Å². The van der Waals surface area contributed by atoms with Crippen molar-refractivity contribution in [3.8, 4) is 0 Å². The molecule has 0 aliphatic carbocycles. The first-order valence-corrected chi connectivity index (χ1v) is 5.68. The summed E-state index contributed by atoms with van der Waals surface area (Å²) < 4.78 is 31.9. The second-order valence-corrected chi connectivity index (χ2v) is 3.82. The topological polar surface area (TPSA) is 27.1 Å². The maximum atomic E-state index is 12.5. The zero-order valence-electron chi connectivity index (χ0n) is 9.80. The third-order valence-corrected chi connectivity index (χ3v) is 2.53. The van der Waals surface area contributed by atoms with Crippen LogP contribution in [0.3, 0.4) is 0 Å². The monoisotopic (exact) mass is 252 g/mol. The number of nitrogens with zero attached hydrogens (tertiary/aromatic N) is 2. The molecule has 0 radical (unpaired) electrons. The molecule has 1 aromatic heterocycles. The molecule has 2 rings (SSSR count). The van der Waals surface area contributed by atoms with E-state index in [0.717, 1.165) is 5.56 Å². The Labute approximate surface area is 104 Å². The van der Waals surface area contributed by atoms with Crippen LogP contribution in [0.15, 0.2) is 42.7 Å². The first-order chi connectivity index (χ1) is 8.77. The predicted octanol–water partition coefficient (Wildman–Crippen LogP) is 3.04. The average Bonchev–Trinajstić information content (AvgIpc) is 2.84. The number of hydrogen-bond donors (Lipinski definition) is 0. The molecule has 0 spiro atoms. The molecule has 0 N–H and O–H groups in total. The van der Waals surface area contributed by atoms with Gasteiger partial charge < -0.3 is 9.30 Å². The molecule has 0 saturated carbocycles. The van der Waals surface area contributed by atoms with Crippen molar-refractivity contribution in [1.29, 1.82) is 0 Å². The molecule has 0 saturated heterocycles. The molecule has 0 bridgehead atoms. The van der Waals surface area contributed by atoms with Crippen LogP contribution in [0.4, 0.5) is 8.78 Å². The van der Waals surface area contributed by atoms with Gasteiger partial charge in [0.2, 0.25) is 0 Å². The number of imidazole rings is 1. The van der Waals surface area contributed by atoms with Crippen LogP contribution in [0.5, 0.6) is 0 Å². The van der Waals surface area contributed by atoms with Crippen LogP contribution in [-0.4, -0.2) is 16.2 Å². The van der Waals surface area contributed by atoms with Crippen molar-refractivity contribution in [2.24, 2.45) is 0 Å². The highest BCUT2D eigenvalue weighted by molar-refractivity contribution is 5.13. The van der Waals surface area contributed by atoms with Gasteiger partial charge in [-0.05, 0) is 5.56 Å². The summed E-state index contributed by atoms with van der Waals surface area (Å²) in [6.07, 6.45) is 0.362. The quantitative estimate of drug-likeness (QED) is 0.739. The smallest absolute Gasteiger partial charge is 0.295 e. The van der Waals surface area contributed by atoms with Crippen LogP contribution in [0.2, 0.25) is 0 Å².